The normalized spacial score (nSPS) is 17.7. The Bertz CT molecular complexity index is 953. The lowest BCUT2D eigenvalue weighted by Crippen LogP contribution is -2.20. The smallest absolute Gasteiger partial charge is 0.343 e. The number of halogens is 2. The van der Waals surface area contributed by atoms with E-state index >= 15 is 0 Å². The zero-order valence-corrected chi connectivity index (χ0v) is 19.8. The Morgan fingerprint density at radius 1 is 0.941 bits per heavy atom. The van der Waals surface area contributed by atoms with Gasteiger partial charge in [0.05, 0.1) is 12.2 Å². The molecule has 1 saturated carbocycles. The first-order chi connectivity index (χ1) is 16.5. The van der Waals surface area contributed by atoms with Gasteiger partial charge in [-0.25, -0.2) is 13.6 Å². The second kappa shape index (κ2) is 13.1. The lowest BCUT2D eigenvalue weighted by molar-refractivity contribution is 0.0734. The number of hydrogen-bond donors (Lipinski definition) is 0. The van der Waals surface area contributed by atoms with Crippen LogP contribution in [0.15, 0.2) is 36.4 Å². The minimum Gasteiger partial charge on any atom is -0.493 e. The van der Waals surface area contributed by atoms with Gasteiger partial charge in [-0.2, -0.15) is 5.26 Å². The van der Waals surface area contributed by atoms with E-state index in [9.17, 15) is 13.6 Å². The summed E-state index contributed by atoms with van der Waals surface area (Å²) in [5.74, 6) is -1.10. The maximum Gasteiger partial charge on any atom is 0.343 e. The summed E-state index contributed by atoms with van der Waals surface area (Å²) >= 11 is 0. The van der Waals surface area contributed by atoms with Gasteiger partial charge >= 0.3 is 5.97 Å². The standard InChI is InChI=1S/C28H33F2NO3/c1-2-3-4-5-6-7-20-8-10-21(11-9-20)19-33-23-14-12-22(13-15-23)28(32)34-24-16-26(29)25(18-31)27(30)17-24/h12-17,20-21H,2-11,19H2,1H3. The van der Waals surface area contributed by atoms with Crippen LogP contribution in [0.1, 0.15) is 87.1 Å². The van der Waals surface area contributed by atoms with E-state index in [4.69, 9.17) is 14.7 Å². The molecule has 182 valence electrons. The molecule has 0 saturated heterocycles. The highest BCUT2D eigenvalue weighted by Gasteiger charge is 2.21. The lowest BCUT2D eigenvalue weighted by Gasteiger charge is -2.28. The fourth-order valence-corrected chi connectivity index (χ4v) is 4.51. The summed E-state index contributed by atoms with van der Waals surface area (Å²) < 4.78 is 38.4. The van der Waals surface area contributed by atoms with Crippen LogP contribution in [0.4, 0.5) is 8.78 Å². The summed E-state index contributed by atoms with van der Waals surface area (Å²) in [4.78, 5) is 12.3. The molecule has 0 N–H and O–H groups in total. The summed E-state index contributed by atoms with van der Waals surface area (Å²) in [6.45, 7) is 2.91. The van der Waals surface area contributed by atoms with Gasteiger partial charge < -0.3 is 9.47 Å². The summed E-state index contributed by atoms with van der Waals surface area (Å²) in [7, 11) is 0. The molecule has 1 aliphatic carbocycles. The quantitative estimate of drug-likeness (QED) is 0.193. The number of rotatable bonds is 11. The zero-order valence-electron chi connectivity index (χ0n) is 19.8. The second-order valence-electron chi connectivity index (χ2n) is 9.19. The van der Waals surface area contributed by atoms with Gasteiger partial charge in [0.1, 0.15) is 34.8 Å². The molecule has 1 fully saturated rings. The highest BCUT2D eigenvalue weighted by molar-refractivity contribution is 5.91. The molecule has 1 aliphatic rings. The van der Waals surface area contributed by atoms with E-state index in [1.165, 1.54) is 70.3 Å². The fourth-order valence-electron chi connectivity index (χ4n) is 4.51. The highest BCUT2D eigenvalue weighted by atomic mass is 19.1. The number of carbonyl (C=O) groups excluding carboxylic acids is 1. The highest BCUT2D eigenvalue weighted by Crippen LogP contribution is 2.32. The molecule has 0 aromatic heterocycles. The van der Waals surface area contributed by atoms with E-state index in [-0.39, 0.29) is 11.3 Å². The average Bonchev–Trinajstić information content (AvgIpc) is 2.83. The van der Waals surface area contributed by atoms with Crippen LogP contribution in [0.25, 0.3) is 0 Å². The minimum atomic E-state index is -1.07. The maximum absolute atomic E-state index is 13.7. The molecule has 0 radical (unpaired) electrons. The van der Waals surface area contributed by atoms with Crippen LogP contribution < -0.4 is 9.47 Å². The van der Waals surface area contributed by atoms with Gasteiger partial charge in [-0.15, -0.1) is 0 Å². The van der Waals surface area contributed by atoms with Crippen LogP contribution >= 0.6 is 0 Å². The Kier molecular flexibility index (Phi) is 9.88. The number of nitrogens with zero attached hydrogens (tertiary/aromatic N) is 1. The number of hydrogen-bond acceptors (Lipinski definition) is 4. The monoisotopic (exact) mass is 469 g/mol. The molecule has 2 aromatic carbocycles. The minimum absolute atomic E-state index is 0.233. The predicted molar refractivity (Wildman–Crippen MR) is 127 cm³/mol. The SMILES string of the molecule is CCCCCCCC1CCC(COc2ccc(C(=O)Oc3cc(F)c(C#N)c(F)c3)cc2)CC1. The Labute approximate surface area is 200 Å². The van der Waals surface area contributed by atoms with Crippen molar-refractivity contribution in [3.05, 3.63) is 59.2 Å². The molecule has 0 heterocycles. The zero-order chi connectivity index (χ0) is 24.3. The molecule has 2 aromatic rings. The molecule has 6 heteroatoms. The number of carbonyl (C=O) groups is 1. The van der Waals surface area contributed by atoms with Crippen LogP contribution in [0, 0.1) is 34.8 Å². The summed E-state index contributed by atoms with van der Waals surface area (Å²) in [5.41, 5.74) is -0.478. The summed E-state index contributed by atoms with van der Waals surface area (Å²) in [5, 5.41) is 8.72. The van der Waals surface area contributed by atoms with E-state index in [0.717, 1.165) is 18.1 Å². The number of unbranched alkanes of at least 4 members (excludes halogenated alkanes) is 4. The van der Waals surface area contributed by atoms with Gasteiger partial charge in [0.15, 0.2) is 0 Å². The van der Waals surface area contributed by atoms with E-state index in [2.05, 4.69) is 6.92 Å². The van der Waals surface area contributed by atoms with Crippen LogP contribution in [-0.4, -0.2) is 12.6 Å². The Morgan fingerprint density at radius 2 is 1.56 bits per heavy atom. The van der Waals surface area contributed by atoms with Gasteiger partial charge in [0.25, 0.3) is 0 Å². The maximum atomic E-state index is 13.7. The van der Waals surface area contributed by atoms with Gasteiger partial charge in [-0.05, 0) is 48.9 Å². The van der Waals surface area contributed by atoms with Crippen LogP contribution in [0.2, 0.25) is 0 Å². The number of ether oxygens (including phenoxy) is 2. The van der Waals surface area contributed by atoms with Crippen molar-refractivity contribution < 1.29 is 23.0 Å². The van der Waals surface area contributed by atoms with Crippen molar-refractivity contribution >= 4 is 5.97 Å². The van der Waals surface area contributed by atoms with Crippen molar-refractivity contribution in [3.63, 3.8) is 0 Å². The molecule has 0 spiro atoms. The van der Waals surface area contributed by atoms with Crippen LogP contribution in [-0.2, 0) is 0 Å². The van der Waals surface area contributed by atoms with Crippen molar-refractivity contribution in [3.8, 4) is 17.6 Å². The van der Waals surface area contributed by atoms with Crippen molar-refractivity contribution in [1.29, 1.82) is 5.26 Å². The largest absolute Gasteiger partial charge is 0.493 e. The Morgan fingerprint density at radius 3 is 2.18 bits per heavy atom. The molecular weight excluding hydrogens is 436 g/mol. The van der Waals surface area contributed by atoms with Gasteiger partial charge in [0, 0.05) is 12.1 Å². The summed E-state index contributed by atoms with van der Waals surface area (Å²) in [6, 6.07) is 9.57. The Hall–Kier alpha value is -2.94. The van der Waals surface area contributed by atoms with Crippen molar-refractivity contribution in [2.24, 2.45) is 11.8 Å². The molecule has 0 amide bonds. The van der Waals surface area contributed by atoms with Gasteiger partial charge in [-0.1, -0.05) is 58.3 Å². The van der Waals surface area contributed by atoms with E-state index in [1.54, 1.807) is 24.3 Å². The topological polar surface area (TPSA) is 59.3 Å². The molecule has 0 unspecified atom stereocenters. The first-order valence-corrected chi connectivity index (χ1v) is 12.3. The molecule has 0 bridgehead atoms. The van der Waals surface area contributed by atoms with Crippen molar-refractivity contribution in [2.45, 2.75) is 71.1 Å². The molecule has 0 aliphatic heterocycles. The second-order valence-corrected chi connectivity index (χ2v) is 9.19. The fraction of sp³-hybridized carbons (Fsp3) is 0.500. The van der Waals surface area contributed by atoms with E-state index in [1.807, 2.05) is 0 Å². The number of esters is 1. The first-order valence-electron chi connectivity index (χ1n) is 12.3. The Balaban J connectivity index is 1.41. The van der Waals surface area contributed by atoms with Gasteiger partial charge in [0.2, 0.25) is 0 Å². The molecule has 4 nitrogen and oxygen atoms in total. The van der Waals surface area contributed by atoms with Crippen LogP contribution in [0.5, 0.6) is 11.5 Å². The third-order valence-corrected chi connectivity index (χ3v) is 6.60. The number of nitriles is 1. The third-order valence-electron chi connectivity index (χ3n) is 6.60. The summed E-state index contributed by atoms with van der Waals surface area (Å²) in [6.07, 6.45) is 13.0. The van der Waals surface area contributed by atoms with E-state index < -0.39 is 23.2 Å². The molecule has 34 heavy (non-hydrogen) atoms. The first kappa shape index (κ1) is 25.7. The van der Waals surface area contributed by atoms with Crippen molar-refractivity contribution in [2.75, 3.05) is 6.61 Å². The predicted octanol–water partition coefficient (Wildman–Crippen LogP) is 7.60. The number of benzene rings is 2. The molecular formula is C28H33F2NO3. The molecule has 0 atom stereocenters. The van der Waals surface area contributed by atoms with E-state index in [0.29, 0.717) is 18.3 Å². The average molecular weight is 470 g/mol. The van der Waals surface area contributed by atoms with Crippen LogP contribution in [0.3, 0.4) is 0 Å². The molecule has 3 rings (SSSR count). The third kappa shape index (κ3) is 7.55. The van der Waals surface area contributed by atoms with Crippen molar-refractivity contribution in [1.82, 2.24) is 0 Å². The lowest BCUT2D eigenvalue weighted by atomic mass is 9.80. The van der Waals surface area contributed by atoms with Gasteiger partial charge in [-0.3, -0.25) is 0 Å².